The fourth-order valence-corrected chi connectivity index (χ4v) is 4.44. The first-order valence-electron chi connectivity index (χ1n) is 12.6. The third-order valence-electron chi connectivity index (χ3n) is 6.36. The summed E-state index contributed by atoms with van der Waals surface area (Å²) in [4.78, 5) is 19.5. The van der Waals surface area contributed by atoms with Gasteiger partial charge in [0.1, 0.15) is 0 Å². The number of benzene rings is 1. The van der Waals surface area contributed by atoms with Gasteiger partial charge in [0.25, 0.3) is 0 Å². The molecule has 0 radical (unpaired) electrons. The molecule has 192 valence electrons. The van der Waals surface area contributed by atoms with Gasteiger partial charge in [0.05, 0.1) is 25.4 Å². The van der Waals surface area contributed by atoms with E-state index in [9.17, 15) is 4.79 Å². The maximum atomic E-state index is 12.9. The van der Waals surface area contributed by atoms with Crippen molar-refractivity contribution in [1.29, 1.82) is 0 Å². The number of fused-ring (bicyclic) bond motifs is 2. The second-order valence-electron chi connectivity index (χ2n) is 10.3. The third-order valence-corrected chi connectivity index (χ3v) is 6.36. The van der Waals surface area contributed by atoms with Crippen LogP contribution in [0.15, 0.2) is 48.7 Å². The summed E-state index contributed by atoms with van der Waals surface area (Å²) in [5.41, 5.74) is 3.00. The molecule has 1 aliphatic heterocycles. The maximum Gasteiger partial charge on any atom is 0.234 e. The van der Waals surface area contributed by atoms with Gasteiger partial charge in [-0.25, -0.2) is 4.98 Å². The van der Waals surface area contributed by atoms with Gasteiger partial charge in [0.2, 0.25) is 11.8 Å². The lowest BCUT2D eigenvalue weighted by Crippen LogP contribution is -2.39. The molecule has 0 spiro atoms. The molecule has 2 aromatic heterocycles. The highest BCUT2D eigenvalue weighted by atomic mass is 16.5. The van der Waals surface area contributed by atoms with Crippen LogP contribution in [0.25, 0.3) is 0 Å². The predicted molar refractivity (Wildman–Crippen MR) is 139 cm³/mol. The average molecular weight is 492 g/mol. The van der Waals surface area contributed by atoms with Crippen molar-refractivity contribution in [3.63, 3.8) is 0 Å². The molecule has 8 nitrogen and oxygen atoms in total. The Balaban J connectivity index is 1.47. The van der Waals surface area contributed by atoms with Crippen molar-refractivity contribution in [2.24, 2.45) is 5.41 Å². The quantitative estimate of drug-likeness (QED) is 0.566. The van der Waals surface area contributed by atoms with Crippen LogP contribution in [0.5, 0.6) is 17.4 Å². The zero-order chi connectivity index (χ0) is 25.5. The van der Waals surface area contributed by atoms with E-state index in [-0.39, 0.29) is 11.3 Å². The number of nitrogens with zero attached hydrogens (tertiary/aromatic N) is 4. The summed E-state index contributed by atoms with van der Waals surface area (Å²) in [6.45, 7) is 11.9. The number of rotatable bonds is 5. The predicted octanol–water partition coefficient (Wildman–Crippen LogP) is 4.50. The Bertz CT molecular complexity index is 1170. The van der Waals surface area contributed by atoms with E-state index in [2.05, 4.69) is 34.1 Å². The Morgan fingerprint density at radius 1 is 1.14 bits per heavy atom. The molecule has 0 fully saturated rings. The molecule has 36 heavy (non-hydrogen) atoms. The minimum absolute atomic E-state index is 0.000135. The van der Waals surface area contributed by atoms with Gasteiger partial charge in [0, 0.05) is 30.5 Å². The summed E-state index contributed by atoms with van der Waals surface area (Å²) in [7, 11) is 0. The molecule has 0 atom stereocenters. The lowest BCUT2D eigenvalue weighted by atomic mass is 9.88. The zero-order valence-electron chi connectivity index (χ0n) is 21.8. The number of para-hydroxylation sites is 2. The van der Waals surface area contributed by atoms with Crippen LogP contribution in [0.4, 0.5) is 0 Å². The number of aromatic nitrogens is 3. The van der Waals surface area contributed by atoms with Crippen molar-refractivity contribution in [2.45, 2.75) is 53.6 Å². The van der Waals surface area contributed by atoms with E-state index < -0.39 is 0 Å². The second-order valence-corrected chi connectivity index (χ2v) is 10.3. The molecule has 0 saturated carbocycles. The molecular weight excluding hydrogens is 454 g/mol. The molecule has 1 aliphatic rings. The average Bonchev–Trinajstić information content (AvgIpc) is 3.16. The van der Waals surface area contributed by atoms with Gasteiger partial charge in [-0.15, -0.1) is 0 Å². The molecule has 3 aromatic rings. The van der Waals surface area contributed by atoms with Crippen molar-refractivity contribution >= 4 is 5.91 Å². The van der Waals surface area contributed by atoms with Gasteiger partial charge >= 0.3 is 0 Å². The van der Waals surface area contributed by atoms with Crippen LogP contribution in [0.2, 0.25) is 0 Å². The number of aryl methyl sites for hydroxylation is 2. The van der Waals surface area contributed by atoms with E-state index in [1.807, 2.05) is 61.0 Å². The summed E-state index contributed by atoms with van der Waals surface area (Å²) < 4.78 is 14.3. The van der Waals surface area contributed by atoms with Gasteiger partial charge < -0.3 is 14.8 Å². The van der Waals surface area contributed by atoms with Crippen LogP contribution in [0.3, 0.4) is 0 Å². The molecule has 0 bridgehead atoms. The van der Waals surface area contributed by atoms with E-state index in [1.54, 1.807) is 6.20 Å². The standard InChI is InChI=1S/C28H37N5O3/c1-21-17-22(2)33(31-21)16-14-29-26(34)19-32-15-8-12-28(3,4)20-35-24-10-5-6-11-25(24)36-27-23(18-32)9-7-13-30-27/h5-7,9-11,13,17H,8,12,14-16,18-20H2,1-4H3,(H,29,34). The molecular formula is C28H37N5O3. The van der Waals surface area contributed by atoms with E-state index in [0.717, 1.165) is 36.3 Å². The van der Waals surface area contributed by atoms with E-state index in [1.165, 1.54) is 0 Å². The molecule has 0 saturated heterocycles. The Morgan fingerprint density at radius 2 is 1.94 bits per heavy atom. The monoisotopic (exact) mass is 491 g/mol. The number of amides is 1. The van der Waals surface area contributed by atoms with Crippen molar-refractivity contribution in [3.8, 4) is 17.4 Å². The van der Waals surface area contributed by atoms with Gasteiger partial charge in [-0.05, 0) is 62.9 Å². The maximum absolute atomic E-state index is 12.9. The van der Waals surface area contributed by atoms with Crippen LogP contribution in [0, 0.1) is 19.3 Å². The van der Waals surface area contributed by atoms with Gasteiger partial charge in [-0.1, -0.05) is 32.0 Å². The van der Waals surface area contributed by atoms with Crippen molar-refractivity contribution in [1.82, 2.24) is 25.0 Å². The molecule has 8 heteroatoms. The van der Waals surface area contributed by atoms with Crippen LogP contribution < -0.4 is 14.8 Å². The molecule has 4 rings (SSSR count). The first-order valence-corrected chi connectivity index (χ1v) is 12.6. The van der Waals surface area contributed by atoms with Crippen LogP contribution in [0.1, 0.15) is 43.6 Å². The van der Waals surface area contributed by atoms with Crippen molar-refractivity contribution in [2.75, 3.05) is 26.2 Å². The fourth-order valence-electron chi connectivity index (χ4n) is 4.44. The summed E-state index contributed by atoms with van der Waals surface area (Å²) in [5.74, 6) is 1.88. The molecule has 0 unspecified atom stereocenters. The molecule has 1 amide bonds. The largest absolute Gasteiger partial charge is 0.489 e. The lowest BCUT2D eigenvalue weighted by Gasteiger charge is -2.27. The molecule has 3 heterocycles. The Kier molecular flexibility index (Phi) is 8.25. The number of carbonyl (C=O) groups is 1. The van der Waals surface area contributed by atoms with Crippen molar-refractivity contribution in [3.05, 3.63) is 65.6 Å². The topological polar surface area (TPSA) is 81.5 Å². The minimum atomic E-state index is -0.0139. The number of carbonyl (C=O) groups excluding carboxylic acids is 1. The number of hydrogen-bond acceptors (Lipinski definition) is 6. The van der Waals surface area contributed by atoms with E-state index in [4.69, 9.17) is 9.47 Å². The van der Waals surface area contributed by atoms with Gasteiger partial charge in [0.15, 0.2) is 11.5 Å². The summed E-state index contributed by atoms with van der Waals surface area (Å²) in [5, 5.41) is 7.52. The normalized spacial score (nSPS) is 16.2. The van der Waals surface area contributed by atoms with Crippen LogP contribution in [-0.2, 0) is 17.9 Å². The molecule has 0 aliphatic carbocycles. The highest BCUT2D eigenvalue weighted by Gasteiger charge is 2.23. The highest BCUT2D eigenvalue weighted by Crippen LogP contribution is 2.34. The molecule has 1 N–H and O–H groups in total. The third kappa shape index (κ3) is 7.07. The summed E-state index contributed by atoms with van der Waals surface area (Å²) in [6, 6.07) is 13.6. The smallest absolute Gasteiger partial charge is 0.234 e. The van der Waals surface area contributed by atoms with E-state index >= 15 is 0 Å². The Morgan fingerprint density at radius 3 is 2.72 bits per heavy atom. The number of pyridine rings is 1. The number of ether oxygens (including phenoxy) is 2. The highest BCUT2D eigenvalue weighted by molar-refractivity contribution is 5.78. The minimum Gasteiger partial charge on any atom is -0.489 e. The van der Waals surface area contributed by atoms with Crippen LogP contribution in [-0.4, -0.2) is 51.8 Å². The first-order chi connectivity index (χ1) is 17.3. The Labute approximate surface area is 213 Å². The Hall–Kier alpha value is -3.39. The van der Waals surface area contributed by atoms with Gasteiger partial charge in [-0.2, -0.15) is 5.10 Å². The van der Waals surface area contributed by atoms with Gasteiger partial charge in [-0.3, -0.25) is 14.4 Å². The van der Waals surface area contributed by atoms with E-state index in [0.29, 0.717) is 50.2 Å². The number of nitrogens with one attached hydrogen (secondary N) is 1. The fraction of sp³-hybridized carbons (Fsp3) is 0.464. The first kappa shape index (κ1) is 25.7. The van der Waals surface area contributed by atoms with Crippen molar-refractivity contribution < 1.29 is 14.3 Å². The number of hydrogen-bond donors (Lipinski definition) is 1. The zero-order valence-corrected chi connectivity index (χ0v) is 21.8. The van der Waals surface area contributed by atoms with Crippen LogP contribution >= 0.6 is 0 Å². The summed E-state index contributed by atoms with van der Waals surface area (Å²) in [6.07, 6.45) is 3.65. The lowest BCUT2D eigenvalue weighted by molar-refractivity contribution is -0.122. The summed E-state index contributed by atoms with van der Waals surface area (Å²) >= 11 is 0. The SMILES string of the molecule is Cc1cc(C)n(CCNC(=O)CN2CCCC(C)(C)COc3ccccc3Oc3ncccc3C2)n1. The molecule has 1 aromatic carbocycles. The second kappa shape index (κ2) is 11.6.